The summed E-state index contributed by atoms with van der Waals surface area (Å²) >= 11 is 0. The van der Waals surface area contributed by atoms with Crippen molar-refractivity contribution in [2.75, 3.05) is 6.61 Å². The molecule has 5 unspecified atom stereocenters. The molecule has 0 saturated carbocycles. The maximum atomic E-state index is 10.2. The molecule has 9 heteroatoms. The van der Waals surface area contributed by atoms with Gasteiger partial charge in [-0.05, 0) is 0 Å². The average Bonchev–Trinajstić information content (AvgIpc) is 2.23. The average molecular weight is 249 g/mol. The number of carboxylic acids is 1. The zero-order valence-electron chi connectivity index (χ0n) is 8.63. The summed E-state index contributed by atoms with van der Waals surface area (Å²) in [7, 11) is 0. The molecule has 1 radical (unpaired) electrons. The van der Waals surface area contributed by atoms with Crippen LogP contribution in [0, 0.1) is 0 Å². The maximum Gasteiger partial charge on any atom is 0.335 e. The third kappa shape index (κ3) is 5.04. The van der Waals surface area contributed by atoms with Crippen molar-refractivity contribution in [1.82, 2.24) is 0 Å². The van der Waals surface area contributed by atoms with Gasteiger partial charge in [0.15, 0.2) is 6.10 Å². The predicted molar refractivity (Wildman–Crippen MR) is 50.5 cm³/mol. The van der Waals surface area contributed by atoms with E-state index in [9.17, 15) is 4.79 Å². The number of rotatable bonds is 6. The second-order valence-electron chi connectivity index (χ2n) is 3.00. The first-order valence-corrected chi connectivity index (χ1v) is 4.07. The van der Waals surface area contributed by atoms with Crippen molar-refractivity contribution in [1.29, 1.82) is 0 Å². The number of carbonyl (C=O) groups is 1. The SMILES string of the molecule is O=C(O)C(O)C(O)C(O)C(O)C(O)CO.[Na]. The van der Waals surface area contributed by atoms with Crippen molar-refractivity contribution in [2.45, 2.75) is 30.5 Å². The molecule has 0 saturated heterocycles. The van der Waals surface area contributed by atoms with Gasteiger partial charge in [0.1, 0.15) is 24.4 Å². The van der Waals surface area contributed by atoms with E-state index in [0.717, 1.165) is 0 Å². The van der Waals surface area contributed by atoms with Gasteiger partial charge in [-0.2, -0.15) is 0 Å². The summed E-state index contributed by atoms with van der Waals surface area (Å²) in [5.41, 5.74) is 0. The Morgan fingerprint density at radius 1 is 0.938 bits per heavy atom. The molecule has 7 N–H and O–H groups in total. The molecule has 0 aliphatic rings. The molecule has 0 heterocycles. The van der Waals surface area contributed by atoms with E-state index in [4.69, 9.17) is 35.7 Å². The van der Waals surface area contributed by atoms with Crippen molar-refractivity contribution in [3.63, 3.8) is 0 Å². The van der Waals surface area contributed by atoms with Crippen LogP contribution in [0.2, 0.25) is 0 Å². The molecule has 0 aromatic carbocycles. The van der Waals surface area contributed by atoms with Gasteiger partial charge in [0.05, 0.1) is 6.61 Å². The Balaban J connectivity index is 0. The van der Waals surface area contributed by atoms with Gasteiger partial charge in [-0.1, -0.05) is 0 Å². The number of carboxylic acid groups (broad SMARTS) is 1. The minimum atomic E-state index is -2.29. The first-order valence-electron chi connectivity index (χ1n) is 4.07. The summed E-state index contributed by atoms with van der Waals surface area (Å²) in [6, 6.07) is 0. The van der Waals surface area contributed by atoms with Crippen LogP contribution >= 0.6 is 0 Å². The van der Waals surface area contributed by atoms with Crippen molar-refractivity contribution >= 4 is 35.5 Å². The third-order valence-corrected chi connectivity index (χ3v) is 1.86. The second kappa shape index (κ2) is 8.34. The minimum Gasteiger partial charge on any atom is -0.479 e. The smallest absolute Gasteiger partial charge is 0.335 e. The molecule has 8 nitrogen and oxygen atoms in total. The molecule has 0 fully saturated rings. The predicted octanol–water partition coefficient (Wildman–Crippen LogP) is -4.51. The molecule has 0 amide bonds. The summed E-state index contributed by atoms with van der Waals surface area (Å²) in [6.07, 6.45) is -10.2. The molecule has 0 aliphatic carbocycles. The van der Waals surface area contributed by atoms with Gasteiger partial charge in [-0.15, -0.1) is 0 Å². The molecule has 0 rings (SSSR count). The van der Waals surface area contributed by atoms with E-state index in [-0.39, 0.29) is 29.6 Å². The molecule has 5 atom stereocenters. The van der Waals surface area contributed by atoms with E-state index >= 15 is 0 Å². The monoisotopic (exact) mass is 249 g/mol. The number of aliphatic hydroxyl groups is 6. The van der Waals surface area contributed by atoms with Crippen LogP contribution in [-0.2, 0) is 4.79 Å². The van der Waals surface area contributed by atoms with Crippen molar-refractivity contribution in [3.05, 3.63) is 0 Å². The topological polar surface area (TPSA) is 159 Å². The first-order chi connectivity index (χ1) is 6.82. The van der Waals surface area contributed by atoms with Crippen molar-refractivity contribution in [2.24, 2.45) is 0 Å². The fraction of sp³-hybridized carbons (Fsp3) is 0.857. The van der Waals surface area contributed by atoms with Gasteiger partial charge < -0.3 is 35.7 Å². The fourth-order valence-electron chi connectivity index (χ4n) is 0.870. The van der Waals surface area contributed by atoms with Crippen LogP contribution in [0.3, 0.4) is 0 Å². The third-order valence-electron chi connectivity index (χ3n) is 1.86. The molecule has 91 valence electrons. The Morgan fingerprint density at radius 2 is 1.38 bits per heavy atom. The van der Waals surface area contributed by atoms with Gasteiger partial charge in [-0.3, -0.25) is 0 Å². The number of hydrogen-bond donors (Lipinski definition) is 7. The summed E-state index contributed by atoms with van der Waals surface area (Å²) in [6.45, 7) is -0.881. The van der Waals surface area contributed by atoms with Crippen LogP contribution < -0.4 is 0 Å². The Kier molecular flexibility index (Phi) is 9.69. The number of hydrogen-bond acceptors (Lipinski definition) is 7. The quantitative estimate of drug-likeness (QED) is 0.232. The van der Waals surface area contributed by atoms with Gasteiger partial charge in [0.25, 0.3) is 0 Å². The molecule has 16 heavy (non-hydrogen) atoms. The van der Waals surface area contributed by atoms with Crippen LogP contribution in [0.1, 0.15) is 0 Å². The zero-order chi connectivity index (χ0) is 12.2. The molecule has 0 aromatic heterocycles. The first kappa shape index (κ1) is 18.6. The maximum absolute atomic E-state index is 10.2. The Bertz CT molecular complexity index is 213. The van der Waals surface area contributed by atoms with Gasteiger partial charge in [0, 0.05) is 29.6 Å². The van der Waals surface area contributed by atoms with Crippen molar-refractivity contribution < 1.29 is 40.5 Å². The van der Waals surface area contributed by atoms with E-state index in [1.165, 1.54) is 0 Å². The fourth-order valence-corrected chi connectivity index (χ4v) is 0.870. The largest absolute Gasteiger partial charge is 0.479 e. The zero-order valence-corrected chi connectivity index (χ0v) is 10.6. The minimum absolute atomic E-state index is 0. The Labute approximate surface area is 113 Å². The Morgan fingerprint density at radius 3 is 1.69 bits per heavy atom. The molecule has 0 aliphatic heterocycles. The number of aliphatic hydroxyl groups excluding tert-OH is 6. The van der Waals surface area contributed by atoms with E-state index in [1.54, 1.807) is 0 Å². The summed E-state index contributed by atoms with van der Waals surface area (Å²) in [5, 5.41) is 61.5. The normalized spacial score (nSPS) is 20.1. The molecule has 0 aromatic rings. The van der Waals surface area contributed by atoms with Crippen LogP contribution in [0.4, 0.5) is 0 Å². The second-order valence-corrected chi connectivity index (χ2v) is 3.00. The molecule has 0 spiro atoms. The van der Waals surface area contributed by atoms with Crippen LogP contribution in [0.25, 0.3) is 0 Å². The van der Waals surface area contributed by atoms with E-state index in [1.807, 2.05) is 0 Å². The van der Waals surface area contributed by atoms with Gasteiger partial charge in [0.2, 0.25) is 0 Å². The van der Waals surface area contributed by atoms with E-state index in [0.29, 0.717) is 0 Å². The summed E-state index contributed by atoms with van der Waals surface area (Å²) in [4.78, 5) is 10.2. The molecule has 0 bridgehead atoms. The summed E-state index contributed by atoms with van der Waals surface area (Å²) < 4.78 is 0. The van der Waals surface area contributed by atoms with Gasteiger partial charge in [-0.25, -0.2) is 4.79 Å². The van der Waals surface area contributed by atoms with E-state index in [2.05, 4.69) is 0 Å². The molecular weight excluding hydrogens is 235 g/mol. The van der Waals surface area contributed by atoms with Crippen LogP contribution in [0.15, 0.2) is 0 Å². The molecular formula is C7H14NaO8. The van der Waals surface area contributed by atoms with Crippen molar-refractivity contribution in [3.8, 4) is 0 Å². The van der Waals surface area contributed by atoms with Gasteiger partial charge >= 0.3 is 5.97 Å². The Hall–Kier alpha value is 0.230. The van der Waals surface area contributed by atoms with Crippen LogP contribution in [-0.4, -0.2) is 108 Å². The number of aliphatic carboxylic acids is 1. The summed E-state index contributed by atoms with van der Waals surface area (Å²) in [5.74, 6) is -1.78. The van der Waals surface area contributed by atoms with Crippen LogP contribution in [0.5, 0.6) is 0 Å². The standard InChI is InChI=1S/C7H14O8.Na/c8-1-2(9)3(10)4(11)5(12)6(13)7(14)15;/h2-6,8-13H,1H2,(H,14,15);. The van der Waals surface area contributed by atoms with E-state index < -0.39 is 43.1 Å².